The van der Waals surface area contributed by atoms with Crippen LogP contribution in [-0.4, -0.2) is 31.1 Å². The Morgan fingerprint density at radius 1 is 1.10 bits per heavy atom. The van der Waals surface area contributed by atoms with E-state index >= 15 is 0 Å². The molecule has 0 aromatic heterocycles. The van der Waals surface area contributed by atoms with Gasteiger partial charge in [-0.25, -0.2) is 0 Å². The minimum atomic E-state index is -4.50. The number of carbonyl (C=O) groups is 2. The number of allylic oxidation sites excluding steroid dienone is 1. The molecule has 2 amide bonds. The molecule has 0 aliphatic heterocycles. The zero-order chi connectivity index (χ0) is 23.2. The fraction of sp³-hybridized carbons (Fsp3) is 0.304. The second-order valence-electron chi connectivity index (χ2n) is 7.36. The number of hydrogen-bond donors (Lipinski definition) is 2. The summed E-state index contributed by atoms with van der Waals surface area (Å²) in [4.78, 5) is 23.7. The first kappa shape index (κ1) is 24.5. The van der Waals surface area contributed by atoms with Crippen LogP contribution in [0, 0.1) is 13.8 Å². The van der Waals surface area contributed by atoms with E-state index in [1.54, 1.807) is 24.4 Å². The molecule has 2 aromatic rings. The first-order chi connectivity index (χ1) is 14.4. The van der Waals surface area contributed by atoms with Crippen LogP contribution in [0.2, 0.25) is 5.02 Å². The molecule has 0 fully saturated rings. The molecule has 0 spiro atoms. The lowest BCUT2D eigenvalue weighted by atomic mass is 9.97. The molecule has 0 radical (unpaired) electrons. The summed E-state index contributed by atoms with van der Waals surface area (Å²) in [5, 5.41) is 4.72. The number of amides is 2. The van der Waals surface area contributed by atoms with Crippen molar-refractivity contribution < 1.29 is 22.8 Å². The topological polar surface area (TPSA) is 58.2 Å². The summed E-state index contributed by atoms with van der Waals surface area (Å²) >= 11 is 6.12. The molecule has 0 bridgehead atoms. The number of aryl methyl sites for hydroxylation is 2. The molecule has 0 saturated heterocycles. The van der Waals surface area contributed by atoms with Crippen LogP contribution in [-0.2, 0) is 4.79 Å². The van der Waals surface area contributed by atoms with Gasteiger partial charge in [0, 0.05) is 10.6 Å². The molecule has 2 N–H and O–H groups in total. The van der Waals surface area contributed by atoms with E-state index in [0.29, 0.717) is 16.1 Å². The van der Waals surface area contributed by atoms with Crippen molar-refractivity contribution in [1.82, 2.24) is 10.6 Å². The minimum Gasteiger partial charge on any atom is -0.345 e. The third kappa shape index (κ3) is 8.09. The van der Waals surface area contributed by atoms with E-state index < -0.39 is 31.1 Å². The highest BCUT2D eigenvalue weighted by atomic mass is 35.5. The van der Waals surface area contributed by atoms with Crippen molar-refractivity contribution in [1.29, 1.82) is 0 Å². The largest absolute Gasteiger partial charge is 0.405 e. The number of benzene rings is 2. The molecule has 0 aliphatic rings. The number of hydrogen-bond acceptors (Lipinski definition) is 2. The molecule has 0 saturated carbocycles. The van der Waals surface area contributed by atoms with Gasteiger partial charge in [-0.3, -0.25) is 9.59 Å². The summed E-state index contributed by atoms with van der Waals surface area (Å²) < 4.78 is 36.3. The summed E-state index contributed by atoms with van der Waals surface area (Å²) in [6.07, 6.45) is -0.520. The maximum Gasteiger partial charge on any atom is 0.405 e. The highest BCUT2D eigenvalue weighted by Crippen LogP contribution is 2.24. The molecule has 1 atom stereocenters. The van der Waals surface area contributed by atoms with Gasteiger partial charge < -0.3 is 10.6 Å². The van der Waals surface area contributed by atoms with Crippen LogP contribution < -0.4 is 10.6 Å². The van der Waals surface area contributed by atoms with Gasteiger partial charge in [-0.2, -0.15) is 13.2 Å². The molecule has 31 heavy (non-hydrogen) atoms. The van der Waals surface area contributed by atoms with Crippen LogP contribution in [0.5, 0.6) is 0 Å². The third-order valence-electron chi connectivity index (χ3n) is 4.56. The number of halogens is 4. The lowest BCUT2D eigenvalue weighted by Gasteiger charge is -2.11. The van der Waals surface area contributed by atoms with E-state index in [1.165, 1.54) is 0 Å². The Kier molecular flexibility index (Phi) is 8.28. The van der Waals surface area contributed by atoms with Crippen molar-refractivity contribution in [2.75, 3.05) is 13.1 Å². The van der Waals surface area contributed by atoms with E-state index in [4.69, 9.17) is 11.6 Å². The molecule has 8 heteroatoms. The quantitative estimate of drug-likeness (QED) is 0.608. The fourth-order valence-electron chi connectivity index (χ4n) is 2.96. The fourth-order valence-corrected chi connectivity index (χ4v) is 3.25. The molecule has 166 valence electrons. The van der Waals surface area contributed by atoms with Crippen LogP contribution in [0.15, 0.2) is 42.5 Å². The number of nitrogens with one attached hydrogen (secondary N) is 2. The highest BCUT2D eigenvalue weighted by molar-refractivity contribution is 6.30. The Balaban J connectivity index is 1.98. The van der Waals surface area contributed by atoms with Gasteiger partial charge in [0.2, 0.25) is 5.91 Å². The molecule has 0 heterocycles. The SMILES string of the molecule is Cc1cc(Cl)cc(C(C)/C=C/c2ccc(C(=O)NCC(=O)NCC(F)(F)F)c(C)c2)c1. The number of rotatable bonds is 7. The first-order valence-corrected chi connectivity index (χ1v) is 10.00. The van der Waals surface area contributed by atoms with Gasteiger partial charge in [0.1, 0.15) is 6.54 Å². The van der Waals surface area contributed by atoms with Gasteiger partial charge >= 0.3 is 6.18 Å². The normalized spacial score (nSPS) is 12.6. The Labute approximate surface area is 184 Å². The van der Waals surface area contributed by atoms with Gasteiger partial charge in [0.15, 0.2) is 0 Å². The van der Waals surface area contributed by atoms with Crippen molar-refractivity contribution in [2.24, 2.45) is 0 Å². The standard InChI is InChI=1S/C23H24ClF3N2O2/c1-14-8-18(11-19(24)9-14)15(2)4-5-17-6-7-20(16(3)10-17)22(31)28-12-21(30)29-13-23(25,26)27/h4-11,15H,12-13H2,1-3H3,(H,28,31)(H,29,30)/b5-4+. The van der Waals surface area contributed by atoms with E-state index in [1.807, 2.05) is 37.3 Å². The van der Waals surface area contributed by atoms with Crippen LogP contribution >= 0.6 is 11.6 Å². The van der Waals surface area contributed by atoms with Crippen LogP contribution in [0.25, 0.3) is 6.08 Å². The summed E-state index contributed by atoms with van der Waals surface area (Å²) in [7, 11) is 0. The van der Waals surface area contributed by atoms with Crippen LogP contribution in [0.4, 0.5) is 13.2 Å². The lowest BCUT2D eigenvalue weighted by Crippen LogP contribution is -2.41. The average molecular weight is 453 g/mol. The van der Waals surface area contributed by atoms with Gasteiger partial charge in [0.25, 0.3) is 5.91 Å². The molecule has 4 nitrogen and oxygen atoms in total. The van der Waals surface area contributed by atoms with E-state index in [9.17, 15) is 22.8 Å². The summed E-state index contributed by atoms with van der Waals surface area (Å²) in [5.41, 5.74) is 4.10. The van der Waals surface area contributed by atoms with Crippen molar-refractivity contribution in [3.63, 3.8) is 0 Å². The Bertz CT molecular complexity index is 967. The lowest BCUT2D eigenvalue weighted by molar-refractivity contribution is -0.137. The number of alkyl halides is 3. The molecular formula is C23H24ClF3N2O2. The number of carbonyl (C=O) groups excluding carboxylic acids is 2. The Hall–Kier alpha value is -2.80. The summed E-state index contributed by atoms with van der Waals surface area (Å²) in [6.45, 7) is 3.82. The van der Waals surface area contributed by atoms with E-state index in [0.717, 1.165) is 16.7 Å². The second-order valence-corrected chi connectivity index (χ2v) is 7.80. The van der Waals surface area contributed by atoms with Crippen molar-refractivity contribution in [3.8, 4) is 0 Å². The van der Waals surface area contributed by atoms with Crippen molar-refractivity contribution >= 4 is 29.5 Å². The molecule has 1 unspecified atom stereocenters. The zero-order valence-corrected chi connectivity index (χ0v) is 18.2. The molecule has 2 aromatic carbocycles. The summed E-state index contributed by atoms with van der Waals surface area (Å²) in [6, 6.07) is 11.1. The van der Waals surface area contributed by atoms with Crippen LogP contribution in [0.1, 0.15) is 45.5 Å². The van der Waals surface area contributed by atoms with Gasteiger partial charge in [-0.05, 0) is 60.2 Å². The maximum absolute atomic E-state index is 12.3. The Morgan fingerprint density at radius 3 is 2.42 bits per heavy atom. The highest BCUT2D eigenvalue weighted by Gasteiger charge is 2.27. The van der Waals surface area contributed by atoms with Crippen molar-refractivity contribution in [2.45, 2.75) is 32.9 Å². The molecular weight excluding hydrogens is 429 g/mol. The molecule has 2 rings (SSSR count). The zero-order valence-electron chi connectivity index (χ0n) is 17.4. The Morgan fingerprint density at radius 2 is 1.81 bits per heavy atom. The summed E-state index contributed by atoms with van der Waals surface area (Å²) in [5.74, 6) is -1.30. The smallest absolute Gasteiger partial charge is 0.345 e. The maximum atomic E-state index is 12.3. The van der Waals surface area contributed by atoms with E-state index in [2.05, 4.69) is 18.3 Å². The second kappa shape index (κ2) is 10.5. The van der Waals surface area contributed by atoms with Crippen molar-refractivity contribution in [3.05, 3.63) is 75.3 Å². The average Bonchev–Trinajstić information content (AvgIpc) is 2.67. The minimum absolute atomic E-state index is 0.135. The van der Waals surface area contributed by atoms with Gasteiger partial charge in [-0.1, -0.05) is 48.9 Å². The first-order valence-electron chi connectivity index (χ1n) is 9.62. The predicted octanol–water partition coefficient (Wildman–Crippen LogP) is 5.18. The predicted molar refractivity (Wildman–Crippen MR) is 116 cm³/mol. The van der Waals surface area contributed by atoms with E-state index in [-0.39, 0.29) is 5.92 Å². The third-order valence-corrected chi connectivity index (χ3v) is 4.78. The van der Waals surface area contributed by atoms with Crippen LogP contribution in [0.3, 0.4) is 0 Å². The monoisotopic (exact) mass is 452 g/mol. The van der Waals surface area contributed by atoms with Gasteiger partial charge in [-0.15, -0.1) is 0 Å². The molecule has 0 aliphatic carbocycles. The van der Waals surface area contributed by atoms with Gasteiger partial charge in [0.05, 0.1) is 6.54 Å².